The van der Waals surface area contributed by atoms with E-state index in [1.54, 1.807) is 6.07 Å². The van der Waals surface area contributed by atoms with Gasteiger partial charge in [0, 0.05) is 18.3 Å². The zero-order valence-corrected chi connectivity index (χ0v) is 11.9. The molecular weight excluding hydrogens is 281 g/mol. The normalized spacial score (nSPS) is 21.6. The van der Waals surface area contributed by atoms with E-state index in [9.17, 15) is 13.2 Å². The molecule has 1 heterocycles. The fourth-order valence-electron chi connectivity index (χ4n) is 2.56. The number of hydrogen-bond donors (Lipinski definition) is 1. The summed E-state index contributed by atoms with van der Waals surface area (Å²) < 4.78 is 43.8. The SMILES string of the molecule is CC1(C)CC(Nc2ccc(C(F)(F)F)c(C#N)c2)CCO1. The van der Waals surface area contributed by atoms with Crippen LogP contribution < -0.4 is 5.32 Å². The van der Waals surface area contributed by atoms with Gasteiger partial charge in [-0.3, -0.25) is 0 Å². The van der Waals surface area contributed by atoms with Crippen molar-refractivity contribution in [2.24, 2.45) is 0 Å². The minimum Gasteiger partial charge on any atom is -0.382 e. The van der Waals surface area contributed by atoms with Crippen LogP contribution in [0.4, 0.5) is 18.9 Å². The molecule has 21 heavy (non-hydrogen) atoms. The first-order valence-electron chi connectivity index (χ1n) is 6.73. The predicted octanol–water partition coefficient (Wildman–Crippen LogP) is 3.95. The van der Waals surface area contributed by atoms with Crippen LogP contribution in [0.2, 0.25) is 0 Å². The summed E-state index contributed by atoms with van der Waals surface area (Å²) in [6.45, 7) is 4.57. The van der Waals surface area contributed by atoms with Gasteiger partial charge in [0.2, 0.25) is 0 Å². The highest BCUT2D eigenvalue weighted by atomic mass is 19.4. The van der Waals surface area contributed by atoms with Crippen molar-refractivity contribution in [3.8, 4) is 6.07 Å². The molecule has 1 saturated heterocycles. The Kier molecular flexibility index (Phi) is 4.15. The number of nitrogens with zero attached hydrogens (tertiary/aromatic N) is 1. The molecule has 1 aromatic rings. The minimum absolute atomic E-state index is 0.122. The van der Waals surface area contributed by atoms with E-state index >= 15 is 0 Å². The molecule has 0 aromatic heterocycles. The second kappa shape index (κ2) is 5.57. The van der Waals surface area contributed by atoms with E-state index in [-0.39, 0.29) is 17.2 Å². The maximum absolute atomic E-state index is 12.7. The van der Waals surface area contributed by atoms with Crippen molar-refractivity contribution in [2.75, 3.05) is 11.9 Å². The van der Waals surface area contributed by atoms with Crippen LogP contribution in [0.3, 0.4) is 0 Å². The maximum Gasteiger partial charge on any atom is 0.417 e. The Balaban J connectivity index is 2.17. The number of nitrogens with one attached hydrogen (secondary N) is 1. The number of alkyl halides is 3. The second-order valence-electron chi connectivity index (χ2n) is 5.81. The molecule has 1 unspecified atom stereocenters. The van der Waals surface area contributed by atoms with Gasteiger partial charge in [-0.15, -0.1) is 0 Å². The summed E-state index contributed by atoms with van der Waals surface area (Å²) >= 11 is 0. The summed E-state index contributed by atoms with van der Waals surface area (Å²) in [6, 6.07) is 5.31. The van der Waals surface area contributed by atoms with Crippen molar-refractivity contribution < 1.29 is 17.9 Å². The number of rotatable bonds is 2. The number of ether oxygens (including phenoxy) is 1. The molecule has 1 aliphatic rings. The van der Waals surface area contributed by atoms with Crippen LogP contribution >= 0.6 is 0 Å². The lowest BCUT2D eigenvalue weighted by molar-refractivity contribution is -0.137. The van der Waals surface area contributed by atoms with E-state index < -0.39 is 11.7 Å². The van der Waals surface area contributed by atoms with Gasteiger partial charge in [-0.05, 0) is 44.9 Å². The summed E-state index contributed by atoms with van der Waals surface area (Å²) in [5.41, 5.74) is -0.983. The lowest BCUT2D eigenvalue weighted by Gasteiger charge is -2.36. The van der Waals surface area contributed by atoms with Crippen LogP contribution in [0.5, 0.6) is 0 Å². The molecule has 1 N–H and O–H groups in total. The maximum atomic E-state index is 12.7. The first kappa shape index (κ1) is 15.6. The molecule has 2 rings (SSSR count). The van der Waals surface area contributed by atoms with Gasteiger partial charge in [-0.25, -0.2) is 0 Å². The molecule has 1 atom stereocenters. The third-order valence-electron chi connectivity index (χ3n) is 3.51. The lowest BCUT2D eigenvalue weighted by Crippen LogP contribution is -2.40. The van der Waals surface area contributed by atoms with Crippen molar-refractivity contribution in [2.45, 2.75) is 44.5 Å². The molecule has 114 valence electrons. The van der Waals surface area contributed by atoms with Gasteiger partial charge in [0.05, 0.1) is 22.8 Å². The van der Waals surface area contributed by atoms with E-state index in [0.717, 1.165) is 18.9 Å². The average Bonchev–Trinajstić information content (AvgIpc) is 2.36. The molecule has 6 heteroatoms. The van der Waals surface area contributed by atoms with E-state index in [4.69, 9.17) is 10.00 Å². The zero-order valence-electron chi connectivity index (χ0n) is 11.9. The molecule has 0 aliphatic carbocycles. The number of anilines is 1. The number of halogens is 3. The molecule has 0 bridgehead atoms. The molecule has 0 amide bonds. The van der Waals surface area contributed by atoms with Gasteiger partial charge < -0.3 is 10.1 Å². The van der Waals surface area contributed by atoms with Crippen LogP contribution in [0.25, 0.3) is 0 Å². The Morgan fingerprint density at radius 2 is 2.10 bits per heavy atom. The highest BCUT2D eigenvalue weighted by Gasteiger charge is 2.34. The molecule has 1 aromatic carbocycles. The standard InChI is InChI=1S/C15H17F3N2O/c1-14(2)8-12(5-6-21-14)20-11-3-4-13(15(16,17)18)10(7-11)9-19/h3-4,7,12,20H,5-6,8H2,1-2H3. The summed E-state index contributed by atoms with van der Waals surface area (Å²) in [4.78, 5) is 0. The van der Waals surface area contributed by atoms with Gasteiger partial charge in [-0.1, -0.05) is 0 Å². The monoisotopic (exact) mass is 298 g/mol. The highest BCUT2D eigenvalue weighted by molar-refractivity contribution is 5.54. The summed E-state index contributed by atoms with van der Waals surface area (Å²) in [5, 5.41) is 12.1. The number of hydrogen-bond acceptors (Lipinski definition) is 3. The number of nitriles is 1. The van der Waals surface area contributed by atoms with Crippen LogP contribution in [0, 0.1) is 11.3 Å². The second-order valence-corrected chi connectivity index (χ2v) is 5.81. The van der Waals surface area contributed by atoms with E-state index in [0.29, 0.717) is 12.3 Å². The molecular formula is C15H17F3N2O. The summed E-state index contributed by atoms with van der Waals surface area (Å²) in [5.74, 6) is 0. The predicted molar refractivity (Wildman–Crippen MR) is 72.8 cm³/mol. The molecule has 0 saturated carbocycles. The highest BCUT2D eigenvalue weighted by Crippen LogP contribution is 2.33. The Labute approximate surface area is 121 Å². The fourth-order valence-corrected chi connectivity index (χ4v) is 2.56. The van der Waals surface area contributed by atoms with Gasteiger partial charge in [0.25, 0.3) is 0 Å². The minimum atomic E-state index is -4.51. The molecule has 1 fully saturated rings. The Hall–Kier alpha value is -1.74. The fraction of sp³-hybridized carbons (Fsp3) is 0.533. The average molecular weight is 298 g/mol. The first-order valence-corrected chi connectivity index (χ1v) is 6.73. The van der Waals surface area contributed by atoms with Gasteiger partial charge in [-0.2, -0.15) is 18.4 Å². The van der Waals surface area contributed by atoms with Gasteiger partial charge in [0.1, 0.15) is 0 Å². The van der Waals surface area contributed by atoms with Crippen molar-refractivity contribution in [3.05, 3.63) is 29.3 Å². The van der Waals surface area contributed by atoms with Crippen LogP contribution in [0.15, 0.2) is 18.2 Å². The van der Waals surface area contributed by atoms with E-state index in [1.165, 1.54) is 12.1 Å². The first-order chi connectivity index (χ1) is 9.71. The third kappa shape index (κ3) is 3.88. The van der Waals surface area contributed by atoms with Crippen molar-refractivity contribution >= 4 is 5.69 Å². The Bertz CT molecular complexity index is 561. The van der Waals surface area contributed by atoms with Crippen molar-refractivity contribution in [1.82, 2.24) is 0 Å². The van der Waals surface area contributed by atoms with Crippen LogP contribution in [0.1, 0.15) is 37.8 Å². The lowest BCUT2D eigenvalue weighted by atomic mass is 9.93. The van der Waals surface area contributed by atoms with E-state index in [1.807, 2.05) is 13.8 Å². The van der Waals surface area contributed by atoms with Gasteiger partial charge >= 0.3 is 6.18 Å². The van der Waals surface area contributed by atoms with Gasteiger partial charge in [0.15, 0.2) is 0 Å². The smallest absolute Gasteiger partial charge is 0.382 e. The van der Waals surface area contributed by atoms with E-state index in [2.05, 4.69) is 5.32 Å². The topological polar surface area (TPSA) is 45.0 Å². The third-order valence-corrected chi connectivity index (χ3v) is 3.51. The summed E-state index contributed by atoms with van der Waals surface area (Å²) in [7, 11) is 0. The quantitative estimate of drug-likeness (QED) is 0.899. The largest absolute Gasteiger partial charge is 0.417 e. The summed E-state index contributed by atoms with van der Waals surface area (Å²) in [6.07, 6.45) is -2.97. The van der Waals surface area contributed by atoms with Crippen LogP contribution in [-0.4, -0.2) is 18.2 Å². The Morgan fingerprint density at radius 3 is 2.67 bits per heavy atom. The zero-order chi connectivity index (χ0) is 15.7. The molecule has 0 radical (unpaired) electrons. The molecule has 1 aliphatic heterocycles. The van der Waals surface area contributed by atoms with Crippen LogP contribution in [-0.2, 0) is 10.9 Å². The number of benzene rings is 1. The van der Waals surface area contributed by atoms with Crippen molar-refractivity contribution in [3.63, 3.8) is 0 Å². The Morgan fingerprint density at radius 1 is 1.38 bits per heavy atom. The molecule has 3 nitrogen and oxygen atoms in total. The molecule has 0 spiro atoms. The van der Waals surface area contributed by atoms with Crippen molar-refractivity contribution in [1.29, 1.82) is 5.26 Å².